The van der Waals surface area contributed by atoms with E-state index in [1.54, 1.807) is 18.2 Å². The van der Waals surface area contributed by atoms with E-state index in [0.717, 1.165) is 5.56 Å². The Balaban J connectivity index is 2.79. The van der Waals surface area contributed by atoms with Crippen molar-refractivity contribution < 1.29 is 22.7 Å². The quantitative estimate of drug-likeness (QED) is 0.516. The SMILES string of the molecule is CCNC(=NCc1ccc(OC)c(NC(C)=O)c1)NCCC(F)(F)F. The summed E-state index contributed by atoms with van der Waals surface area (Å²) in [7, 11) is 1.49. The van der Waals surface area contributed by atoms with E-state index in [1.807, 2.05) is 6.92 Å². The van der Waals surface area contributed by atoms with Crippen molar-refractivity contribution in [2.75, 3.05) is 25.5 Å². The van der Waals surface area contributed by atoms with Gasteiger partial charge in [0, 0.05) is 20.0 Å². The van der Waals surface area contributed by atoms with Gasteiger partial charge in [0.25, 0.3) is 0 Å². The first-order valence-electron chi connectivity index (χ1n) is 7.78. The Hall–Kier alpha value is -2.45. The van der Waals surface area contributed by atoms with Crippen LogP contribution in [0.2, 0.25) is 0 Å². The maximum atomic E-state index is 12.2. The molecule has 6 nitrogen and oxygen atoms in total. The number of nitrogens with zero attached hydrogens (tertiary/aromatic N) is 1. The highest BCUT2D eigenvalue weighted by Crippen LogP contribution is 2.25. The first kappa shape index (κ1) is 20.6. The second-order valence-corrected chi connectivity index (χ2v) is 5.20. The van der Waals surface area contributed by atoms with E-state index in [1.165, 1.54) is 14.0 Å². The van der Waals surface area contributed by atoms with Crippen molar-refractivity contribution in [3.05, 3.63) is 23.8 Å². The Morgan fingerprint density at radius 2 is 2.00 bits per heavy atom. The van der Waals surface area contributed by atoms with Gasteiger partial charge in [0.15, 0.2) is 5.96 Å². The van der Waals surface area contributed by atoms with Gasteiger partial charge in [-0.15, -0.1) is 0 Å². The Morgan fingerprint density at radius 3 is 2.56 bits per heavy atom. The minimum Gasteiger partial charge on any atom is -0.495 e. The second kappa shape index (κ2) is 9.75. The Bertz CT molecular complexity index is 604. The molecule has 0 saturated carbocycles. The van der Waals surface area contributed by atoms with Gasteiger partial charge >= 0.3 is 6.18 Å². The summed E-state index contributed by atoms with van der Waals surface area (Å²) in [5.41, 5.74) is 1.29. The van der Waals surface area contributed by atoms with Crippen molar-refractivity contribution >= 4 is 17.6 Å². The number of anilines is 1. The van der Waals surface area contributed by atoms with Crippen LogP contribution < -0.4 is 20.7 Å². The van der Waals surface area contributed by atoms with E-state index in [9.17, 15) is 18.0 Å². The van der Waals surface area contributed by atoms with E-state index >= 15 is 0 Å². The van der Waals surface area contributed by atoms with Gasteiger partial charge in [-0.3, -0.25) is 4.79 Å². The molecule has 1 aromatic rings. The van der Waals surface area contributed by atoms with E-state index in [-0.39, 0.29) is 19.0 Å². The van der Waals surface area contributed by atoms with Gasteiger partial charge in [-0.2, -0.15) is 13.2 Å². The van der Waals surface area contributed by atoms with Gasteiger partial charge in [-0.25, -0.2) is 4.99 Å². The molecule has 0 aliphatic carbocycles. The fourth-order valence-corrected chi connectivity index (χ4v) is 1.98. The average molecular weight is 360 g/mol. The molecule has 0 heterocycles. The third-order valence-corrected chi connectivity index (χ3v) is 3.04. The number of carbonyl (C=O) groups excluding carboxylic acids is 1. The average Bonchev–Trinajstić information content (AvgIpc) is 2.51. The third-order valence-electron chi connectivity index (χ3n) is 3.04. The number of benzene rings is 1. The van der Waals surface area contributed by atoms with Crippen molar-refractivity contribution in [2.24, 2.45) is 4.99 Å². The number of guanidine groups is 1. The van der Waals surface area contributed by atoms with Gasteiger partial charge in [0.1, 0.15) is 5.75 Å². The fraction of sp³-hybridized carbons (Fsp3) is 0.500. The van der Waals surface area contributed by atoms with Crippen molar-refractivity contribution in [3.63, 3.8) is 0 Å². The van der Waals surface area contributed by atoms with Crippen LogP contribution in [-0.4, -0.2) is 38.2 Å². The summed E-state index contributed by atoms with van der Waals surface area (Å²) in [6, 6.07) is 5.18. The highest BCUT2D eigenvalue weighted by atomic mass is 19.4. The molecule has 3 N–H and O–H groups in total. The molecule has 25 heavy (non-hydrogen) atoms. The molecule has 0 bridgehead atoms. The van der Waals surface area contributed by atoms with Crippen LogP contribution in [0.4, 0.5) is 18.9 Å². The van der Waals surface area contributed by atoms with Crippen LogP contribution >= 0.6 is 0 Å². The number of rotatable bonds is 7. The largest absolute Gasteiger partial charge is 0.495 e. The summed E-state index contributed by atoms with van der Waals surface area (Å²) >= 11 is 0. The van der Waals surface area contributed by atoms with Crippen LogP contribution in [0.5, 0.6) is 5.75 Å². The normalized spacial score (nSPS) is 11.8. The first-order chi connectivity index (χ1) is 11.7. The van der Waals surface area contributed by atoms with Gasteiger partial charge in [0.05, 0.1) is 25.8 Å². The molecule has 0 fully saturated rings. The van der Waals surface area contributed by atoms with E-state index in [4.69, 9.17) is 4.74 Å². The number of alkyl halides is 3. The van der Waals surface area contributed by atoms with E-state index in [2.05, 4.69) is 20.9 Å². The molecule has 9 heteroatoms. The summed E-state index contributed by atoms with van der Waals surface area (Å²) in [6.45, 7) is 3.71. The monoisotopic (exact) mass is 360 g/mol. The predicted octanol–water partition coefficient (Wildman–Crippen LogP) is 2.66. The number of hydrogen-bond acceptors (Lipinski definition) is 3. The lowest BCUT2D eigenvalue weighted by Gasteiger charge is -2.13. The first-order valence-corrected chi connectivity index (χ1v) is 7.78. The Labute approximate surface area is 144 Å². The van der Waals surface area contributed by atoms with Crippen LogP contribution in [0.1, 0.15) is 25.8 Å². The molecular weight excluding hydrogens is 337 g/mol. The molecular formula is C16H23F3N4O2. The number of carbonyl (C=O) groups is 1. The second-order valence-electron chi connectivity index (χ2n) is 5.20. The maximum Gasteiger partial charge on any atom is 0.390 e. The molecule has 0 spiro atoms. The lowest BCUT2D eigenvalue weighted by atomic mass is 10.2. The lowest BCUT2D eigenvalue weighted by Crippen LogP contribution is -2.38. The molecule has 1 aromatic carbocycles. The zero-order chi connectivity index (χ0) is 18.9. The van der Waals surface area contributed by atoms with Crippen molar-refractivity contribution in [1.82, 2.24) is 10.6 Å². The molecule has 0 radical (unpaired) electrons. The summed E-state index contributed by atoms with van der Waals surface area (Å²) in [6.07, 6.45) is -5.15. The van der Waals surface area contributed by atoms with Crippen LogP contribution in [0.25, 0.3) is 0 Å². The summed E-state index contributed by atoms with van der Waals surface area (Å²) in [4.78, 5) is 15.5. The highest BCUT2D eigenvalue weighted by Gasteiger charge is 2.26. The molecule has 140 valence electrons. The summed E-state index contributed by atoms with van der Waals surface area (Å²) in [5, 5.41) is 8.19. The molecule has 0 aromatic heterocycles. The molecule has 0 atom stereocenters. The molecule has 0 aliphatic heterocycles. The number of halogens is 3. The van der Waals surface area contributed by atoms with Gasteiger partial charge < -0.3 is 20.7 Å². The van der Waals surface area contributed by atoms with E-state index < -0.39 is 12.6 Å². The number of amides is 1. The predicted molar refractivity (Wildman–Crippen MR) is 90.8 cm³/mol. The van der Waals surface area contributed by atoms with Crippen LogP contribution in [-0.2, 0) is 11.3 Å². The van der Waals surface area contributed by atoms with Crippen molar-refractivity contribution in [1.29, 1.82) is 0 Å². The molecule has 0 saturated heterocycles. The Kier molecular flexibility index (Phi) is 8.03. The number of aliphatic imine (C=N–C) groups is 1. The maximum absolute atomic E-state index is 12.2. The third kappa shape index (κ3) is 8.27. The lowest BCUT2D eigenvalue weighted by molar-refractivity contribution is -0.132. The zero-order valence-corrected chi connectivity index (χ0v) is 14.5. The summed E-state index contributed by atoms with van der Waals surface area (Å²) in [5.74, 6) is 0.572. The Morgan fingerprint density at radius 1 is 1.28 bits per heavy atom. The molecule has 0 aliphatic rings. The minimum atomic E-state index is -4.21. The molecule has 1 amide bonds. The van der Waals surface area contributed by atoms with Gasteiger partial charge in [-0.1, -0.05) is 6.07 Å². The molecule has 1 rings (SSSR count). The van der Waals surface area contributed by atoms with E-state index in [0.29, 0.717) is 23.9 Å². The van der Waals surface area contributed by atoms with Crippen molar-refractivity contribution in [3.8, 4) is 5.75 Å². The van der Waals surface area contributed by atoms with Crippen molar-refractivity contribution in [2.45, 2.75) is 33.0 Å². The number of methoxy groups -OCH3 is 1. The smallest absolute Gasteiger partial charge is 0.390 e. The number of ether oxygens (including phenoxy) is 1. The van der Waals surface area contributed by atoms with Crippen LogP contribution in [0.15, 0.2) is 23.2 Å². The minimum absolute atomic E-state index is 0.234. The fourth-order valence-electron chi connectivity index (χ4n) is 1.98. The zero-order valence-electron chi connectivity index (χ0n) is 14.5. The molecule has 0 unspecified atom stereocenters. The van der Waals surface area contributed by atoms with Gasteiger partial charge in [0.2, 0.25) is 5.91 Å². The topological polar surface area (TPSA) is 74.8 Å². The highest BCUT2D eigenvalue weighted by molar-refractivity contribution is 5.90. The summed E-state index contributed by atoms with van der Waals surface area (Å²) < 4.78 is 41.8. The van der Waals surface area contributed by atoms with Gasteiger partial charge in [-0.05, 0) is 24.6 Å². The van der Waals surface area contributed by atoms with Crippen LogP contribution in [0.3, 0.4) is 0 Å². The number of nitrogens with one attached hydrogen (secondary N) is 3. The van der Waals surface area contributed by atoms with Crippen LogP contribution in [0, 0.1) is 0 Å². The standard InChI is InChI=1S/C16H23F3N4O2/c1-4-20-15(21-8-7-16(17,18)19)22-10-12-5-6-14(25-3)13(9-12)23-11(2)24/h5-6,9H,4,7-8,10H2,1-3H3,(H,23,24)(H2,20,21,22). The number of hydrogen-bond donors (Lipinski definition) is 3.